The zero-order chi connectivity index (χ0) is 18.9. The minimum atomic E-state index is -1.33. The van der Waals surface area contributed by atoms with Crippen molar-refractivity contribution in [3.05, 3.63) is 35.1 Å². The number of ether oxygens (including phenoxy) is 1. The van der Waals surface area contributed by atoms with Crippen molar-refractivity contribution in [1.29, 1.82) is 0 Å². The third-order valence-corrected chi connectivity index (χ3v) is 4.05. The second-order valence-corrected chi connectivity index (χ2v) is 7.15. The molecule has 1 aromatic carbocycles. The van der Waals surface area contributed by atoms with E-state index >= 15 is 0 Å². The summed E-state index contributed by atoms with van der Waals surface area (Å²) in [6.45, 7) is 4.98. The van der Waals surface area contributed by atoms with Crippen LogP contribution < -0.4 is 5.32 Å². The minimum absolute atomic E-state index is 0.00219. The highest BCUT2D eigenvalue weighted by atomic mass is 19.2. The zero-order valence-electron chi connectivity index (χ0n) is 14.1. The topological polar surface area (TPSA) is 75.6 Å². The molecule has 0 heterocycles. The molecule has 0 radical (unpaired) electrons. The van der Waals surface area contributed by atoms with Gasteiger partial charge in [0.2, 0.25) is 0 Å². The maximum absolute atomic E-state index is 14.1. The van der Waals surface area contributed by atoms with Crippen LogP contribution in [0.25, 0.3) is 0 Å². The van der Waals surface area contributed by atoms with E-state index in [2.05, 4.69) is 5.32 Å². The first-order chi connectivity index (χ1) is 11.5. The second kappa shape index (κ2) is 6.93. The van der Waals surface area contributed by atoms with Crippen LogP contribution in [-0.4, -0.2) is 28.8 Å². The molecule has 3 atom stereocenters. The summed E-state index contributed by atoms with van der Waals surface area (Å²) < 4.78 is 45.9. The summed E-state index contributed by atoms with van der Waals surface area (Å²) in [4.78, 5) is 23.2. The van der Waals surface area contributed by atoms with E-state index in [4.69, 9.17) is 4.74 Å². The average Bonchev–Trinajstić information content (AvgIpc) is 2.84. The number of carboxylic acid groups (broad SMARTS) is 1. The Hall–Kier alpha value is -2.25. The van der Waals surface area contributed by atoms with Gasteiger partial charge in [0.05, 0.1) is 5.92 Å². The van der Waals surface area contributed by atoms with E-state index in [9.17, 15) is 27.9 Å². The summed E-state index contributed by atoms with van der Waals surface area (Å²) in [5.41, 5.74) is -0.929. The number of halogens is 3. The predicted molar refractivity (Wildman–Crippen MR) is 82.6 cm³/mol. The number of rotatable bonds is 3. The van der Waals surface area contributed by atoms with Crippen LogP contribution >= 0.6 is 0 Å². The largest absolute Gasteiger partial charge is 0.481 e. The number of alkyl carbamates (subject to hydrolysis) is 1. The molecule has 1 aliphatic rings. The first kappa shape index (κ1) is 19.1. The van der Waals surface area contributed by atoms with Gasteiger partial charge in [0, 0.05) is 18.0 Å². The van der Waals surface area contributed by atoms with Crippen LogP contribution in [0.3, 0.4) is 0 Å². The Morgan fingerprint density at radius 1 is 1.12 bits per heavy atom. The van der Waals surface area contributed by atoms with Gasteiger partial charge < -0.3 is 15.2 Å². The quantitative estimate of drug-likeness (QED) is 0.809. The normalized spacial score (nSPS) is 23.4. The fourth-order valence-corrected chi connectivity index (χ4v) is 3.02. The smallest absolute Gasteiger partial charge is 0.407 e. The molecule has 0 saturated heterocycles. The Morgan fingerprint density at radius 3 is 2.28 bits per heavy atom. The van der Waals surface area contributed by atoms with Crippen LogP contribution in [0.2, 0.25) is 0 Å². The number of aliphatic carboxylic acids is 1. The lowest BCUT2D eigenvalue weighted by Crippen LogP contribution is -2.40. The molecule has 2 N–H and O–H groups in total. The number of hydrogen-bond donors (Lipinski definition) is 2. The van der Waals surface area contributed by atoms with Gasteiger partial charge in [-0.25, -0.2) is 18.0 Å². The standard InChI is InChI=1S/C17H20F3NO4/c1-17(2,3)25-16(24)21-14-5-8(15(22)23)4-10(14)9-6-12(19)13(20)7-11(9)18/h6-8,10,14H,4-5H2,1-3H3,(H,21,24)(H,22,23)/t8-,10+,14-/m1/s1. The van der Waals surface area contributed by atoms with E-state index in [0.717, 1.165) is 0 Å². The van der Waals surface area contributed by atoms with Crippen molar-refractivity contribution < 1.29 is 32.6 Å². The molecule has 25 heavy (non-hydrogen) atoms. The summed E-state index contributed by atoms with van der Waals surface area (Å²) in [6.07, 6.45) is -0.744. The fraction of sp³-hybridized carbons (Fsp3) is 0.529. The highest BCUT2D eigenvalue weighted by Gasteiger charge is 2.41. The van der Waals surface area contributed by atoms with E-state index in [1.165, 1.54) is 0 Å². The third-order valence-electron chi connectivity index (χ3n) is 4.05. The molecule has 1 fully saturated rings. The van der Waals surface area contributed by atoms with Crippen molar-refractivity contribution in [2.24, 2.45) is 5.92 Å². The highest BCUT2D eigenvalue weighted by Crippen LogP contribution is 2.40. The molecule has 138 valence electrons. The SMILES string of the molecule is CC(C)(C)OC(=O)N[C@@H]1C[C@H](C(=O)O)C[C@H]1c1cc(F)c(F)cc1F. The summed E-state index contributed by atoms with van der Waals surface area (Å²) in [6, 6.07) is 0.363. The number of carbonyl (C=O) groups is 2. The van der Waals surface area contributed by atoms with Crippen LogP contribution in [0, 0.1) is 23.4 Å². The molecule has 0 bridgehead atoms. The molecule has 0 aromatic heterocycles. The van der Waals surface area contributed by atoms with Crippen molar-refractivity contribution >= 4 is 12.1 Å². The van der Waals surface area contributed by atoms with Crippen LogP contribution in [0.4, 0.5) is 18.0 Å². The second-order valence-electron chi connectivity index (χ2n) is 7.15. The molecule has 2 rings (SSSR count). The Morgan fingerprint density at radius 2 is 1.72 bits per heavy atom. The minimum Gasteiger partial charge on any atom is -0.481 e. The maximum Gasteiger partial charge on any atom is 0.407 e. The number of benzene rings is 1. The molecule has 1 saturated carbocycles. The fourth-order valence-electron chi connectivity index (χ4n) is 3.02. The summed E-state index contributed by atoms with van der Waals surface area (Å²) in [5, 5.41) is 11.7. The molecule has 0 unspecified atom stereocenters. The van der Waals surface area contributed by atoms with Crippen LogP contribution in [0.1, 0.15) is 45.1 Å². The van der Waals surface area contributed by atoms with Crippen molar-refractivity contribution in [2.75, 3.05) is 0 Å². The Bertz CT molecular complexity index is 687. The van der Waals surface area contributed by atoms with Crippen LogP contribution in [0.5, 0.6) is 0 Å². The van der Waals surface area contributed by atoms with Gasteiger partial charge in [0.1, 0.15) is 11.4 Å². The molecule has 0 aliphatic heterocycles. The third kappa shape index (κ3) is 4.64. The van der Waals surface area contributed by atoms with Crippen LogP contribution in [0.15, 0.2) is 12.1 Å². The van der Waals surface area contributed by atoms with Crippen LogP contribution in [-0.2, 0) is 9.53 Å². The van der Waals surface area contributed by atoms with E-state index in [0.29, 0.717) is 12.1 Å². The lowest BCUT2D eigenvalue weighted by atomic mass is 9.93. The lowest BCUT2D eigenvalue weighted by Gasteiger charge is -2.25. The molecule has 1 aliphatic carbocycles. The Balaban J connectivity index is 2.28. The van der Waals surface area contributed by atoms with Gasteiger partial charge in [0.15, 0.2) is 11.6 Å². The van der Waals surface area contributed by atoms with E-state index < -0.39 is 53.0 Å². The average molecular weight is 359 g/mol. The summed E-state index contributed by atoms with van der Waals surface area (Å²) >= 11 is 0. The molecular weight excluding hydrogens is 339 g/mol. The number of carbonyl (C=O) groups excluding carboxylic acids is 1. The van der Waals surface area contributed by atoms with Gasteiger partial charge in [-0.3, -0.25) is 4.79 Å². The predicted octanol–water partition coefficient (Wildman–Crippen LogP) is 3.58. The molecule has 1 aromatic rings. The lowest BCUT2D eigenvalue weighted by molar-refractivity contribution is -0.141. The number of carboxylic acids is 1. The first-order valence-corrected chi connectivity index (χ1v) is 7.84. The summed E-state index contributed by atoms with van der Waals surface area (Å²) in [7, 11) is 0. The van der Waals surface area contributed by atoms with Gasteiger partial charge in [-0.05, 0) is 45.2 Å². The number of hydrogen-bond acceptors (Lipinski definition) is 3. The molecule has 8 heteroatoms. The Kier molecular flexibility index (Phi) is 5.29. The number of amides is 1. The van der Waals surface area contributed by atoms with E-state index in [1.54, 1.807) is 20.8 Å². The Labute approximate surface area is 143 Å². The van der Waals surface area contributed by atoms with E-state index in [-0.39, 0.29) is 18.4 Å². The molecule has 0 spiro atoms. The zero-order valence-corrected chi connectivity index (χ0v) is 14.1. The number of nitrogens with one attached hydrogen (secondary N) is 1. The monoisotopic (exact) mass is 359 g/mol. The molecule has 5 nitrogen and oxygen atoms in total. The first-order valence-electron chi connectivity index (χ1n) is 7.84. The van der Waals surface area contributed by atoms with Gasteiger partial charge in [-0.2, -0.15) is 0 Å². The van der Waals surface area contributed by atoms with Crippen molar-refractivity contribution in [3.63, 3.8) is 0 Å². The van der Waals surface area contributed by atoms with Gasteiger partial charge in [-0.1, -0.05) is 0 Å². The van der Waals surface area contributed by atoms with Crippen molar-refractivity contribution in [3.8, 4) is 0 Å². The molecule has 1 amide bonds. The van der Waals surface area contributed by atoms with Gasteiger partial charge in [0.25, 0.3) is 0 Å². The van der Waals surface area contributed by atoms with Gasteiger partial charge >= 0.3 is 12.1 Å². The van der Waals surface area contributed by atoms with Crippen molar-refractivity contribution in [1.82, 2.24) is 5.32 Å². The molecular formula is C17H20F3NO4. The van der Waals surface area contributed by atoms with E-state index in [1.807, 2.05) is 0 Å². The summed E-state index contributed by atoms with van der Waals surface area (Å²) in [5.74, 6) is -6.27. The van der Waals surface area contributed by atoms with Crippen molar-refractivity contribution in [2.45, 2.75) is 51.2 Å². The maximum atomic E-state index is 14.1. The highest BCUT2D eigenvalue weighted by molar-refractivity contribution is 5.72. The van der Waals surface area contributed by atoms with Gasteiger partial charge in [-0.15, -0.1) is 0 Å².